The van der Waals surface area contributed by atoms with E-state index >= 15 is 4.39 Å². The lowest BCUT2D eigenvalue weighted by Crippen LogP contribution is -2.30. The van der Waals surface area contributed by atoms with Crippen LogP contribution >= 0.6 is 0 Å². The number of aromatic nitrogens is 4. The molecule has 172 valence electrons. The molecular formula is C26H25FN6O. The Morgan fingerprint density at radius 2 is 2.03 bits per heavy atom. The maximum atomic E-state index is 16.2. The lowest BCUT2D eigenvalue weighted by molar-refractivity contribution is 0.0988. The molecule has 1 unspecified atom stereocenters. The van der Waals surface area contributed by atoms with E-state index in [-0.39, 0.29) is 11.7 Å². The van der Waals surface area contributed by atoms with Crippen molar-refractivity contribution in [1.29, 1.82) is 0 Å². The zero-order chi connectivity index (χ0) is 23.6. The van der Waals surface area contributed by atoms with Gasteiger partial charge < -0.3 is 9.88 Å². The van der Waals surface area contributed by atoms with Crippen molar-refractivity contribution in [2.45, 2.75) is 19.4 Å². The topological polar surface area (TPSA) is 70.0 Å². The molecular weight excluding hydrogens is 431 g/mol. The van der Waals surface area contributed by atoms with Crippen LogP contribution < -0.4 is 4.90 Å². The first-order valence-electron chi connectivity index (χ1n) is 11.4. The van der Waals surface area contributed by atoms with Crippen LogP contribution in [0.3, 0.4) is 0 Å². The Morgan fingerprint density at radius 1 is 1.18 bits per heavy atom. The zero-order valence-electron chi connectivity index (χ0n) is 19.3. The number of aromatic amines is 1. The molecule has 4 aromatic rings. The lowest BCUT2D eigenvalue weighted by atomic mass is 9.92. The van der Waals surface area contributed by atoms with Crippen LogP contribution in [-0.2, 0) is 7.05 Å². The molecule has 4 heterocycles. The van der Waals surface area contributed by atoms with Crippen LogP contribution in [0.15, 0.2) is 48.8 Å². The lowest BCUT2D eigenvalue weighted by Gasteiger charge is -2.28. The molecule has 6 rings (SSSR count). The molecule has 2 aliphatic rings. The van der Waals surface area contributed by atoms with E-state index in [0.29, 0.717) is 22.5 Å². The number of halogens is 1. The van der Waals surface area contributed by atoms with Gasteiger partial charge in [-0.1, -0.05) is 24.3 Å². The molecule has 7 nitrogen and oxygen atoms in total. The van der Waals surface area contributed by atoms with Crippen molar-refractivity contribution in [2.24, 2.45) is 7.05 Å². The molecule has 0 radical (unpaired) electrons. The fourth-order valence-corrected chi connectivity index (χ4v) is 5.13. The van der Waals surface area contributed by atoms with Gasteiger partial charge >= 0.3 is 0 Å². The number of hydrogen-bond acceptors (Lipinski definition) is 4. The van der Waals surface area contributed by atoms with Gasteiger partial charge in [0.25, 0.3) is 5.91 Å². The molecule has 1 amide bonds. The average molecular weight is 457 g/mol. The second kappa shape index (κ2) is 7.63. The minimum atomic E-state index is -0.608. The standard InChI is InChI=1S/C26H25FN6O/c1-15-22-24(30-32(15)3)26(34)33(17-7-8-20-21(13-17)29-14-28-20)25(22)19-6-4-5-18(23(19)27)16-9-11-31(2)12-10-16/h4-9,13-14,25H,10-12H2,1-3H3,(H,28,29). The van der Waals surface area contributed by atoms with E-state index in [0.717, 1.165) is 47.4 Å². The molecule has 2 aromatic carbocycles. The molecule has 1 N–H and O–H groups in total. The van der Waals surface area contributed by atoms with Crippen molar-refractivity contribution < 1.29 is 9.18 Å². The summed E-state index contributed by atoms with van der Waals surface area (Å²) in [4.78, 5) is 24.9. The molecule has 1 atom stereocenters. The van der Waals surface area contributed by atoms with Gasteiger partial charge in [0.2, 0.25) is 0 Å². The molecule has 0 spiro atoms. The second-order valence-electron chi connectivity index (χ2n) is 9.10. The maximum absolute atomic E-state index is 16.2. The number of carbonyl (C=O) groups excluding carboxylic acids is 1. The Hall–Kier alpha value is -3.78. The van der Waals surface area contributed by atoms with Crippen LogP contribution in [-0.4, -0.2) is 50.7 Å². The summed E-state index contributed by atoms with van der Waals surface area (Å²) < 4.78 is 17.9. The summed E-state index contributed by atoms with van der Waals surface area (Å²) in [5.74, 6) is -0.509. The third-order valence-corrected chi connectivity index (χ3v) is 7.10. The van der Waals surface area contributed by atoms with Crippen molar-refractivity contribution in [3.05, 3.63) is 82.7 Å². The second-order valence-corrected chi connectivity index (χ2v) is 9.10. The molecule has 0 bridgehead atoms. The van der Waals surface area contributed by atoms with Crippen LogP contribution in [0.25, 0.3) is 16.6 Å². The highest BCUT2D eigenvalue weighted by molar-refractivity contribution is 6.11. The number of nitrogens with one attached hydrogen (secondary N) is 1. The fraction of sp³-hybridized carbons (Fsp3) is 0.269. The predicted octanol–water partition coefficient (Wildman–Crippen LogP) is 4.21. The van der Waals surface area contributed by atoms with Crippen molar-refractivity contribution in [1.82, 2.24) is 24.6 Å². The van der Waals surface area contributed by atoms with Crippen molar-refractivity contribution in [3.8, 4) is 0 Å². The summed E-state index contributed by atoms with van der Waals surface area (Å²) in [6.45, 7) is 3.61. The Labute approximate surface area is 196 Å². The summed E-state index contributed by atoms with van der Waals surface area (Å²) in [6.07, 6.45) is 4.50. The number of nitrogens with zero attached hydrogens (tertiary/aromatic N) is 5. The van der Waals surface area contributed by atoms with Crippen molar-refractivity contribution >= 4 is 28.2 Å². The Morgan fingerprint density at radius 3 is 2.82 bits per heavy atom. The summed E-state index contributed by atoms with van der Waals surface area (Å²) in [6, 6.07) is 10.5. The quantitative estimate of drug-likeness (QED) is 0.501. The number of likely N-dealkylation sites (N-methyl/N-ethyl adjacent to an activating group) is 1. The third-order valence-electron chi connectivity index (χ3n) is 7.10. The van der Waals surface area contributed by atoms with Gasteiger partial charge in [0.05, 0.1) is 23.4 Å². The van der Waals surface area contributed by atoms with E-state index in [2.05, 4.69) is 33.1 Å². The average Bonchev–Trinajstić information content (AvgIpc) is 3.49. The number of carbonyl (C=O) groups is 1. The molecule has 0 saturated carbocycles. The van der Waals surface area contributed by atoms with E-state index in [9.17, 15) is 4.79 Å². The summed E-state index contributed by atoms with van der Waals surface area (Å²) in [5, 5.41) is 4.49. The van der Waals surface area contributed by atoms with Gasteiger partial charge in [-0.15, -0.1) is 0 Å². The number of anilines is 1. The van der Waals surface area contributed by atoms with Gasteiger partial charge in [0, 0.05) is 48.2 Å². The molecule has 2 aliphatic heterocycles. The Bertz CT molecular complexity index is 1480. The van der Waals surface area contributed by atoms with Crippen molar-refractivity contribution in [2.75, 3.05) is 25.0 Å². The maximum Gasteiger partial charge on any atom is 0.280 e. The third kappa shape index (κ3) is 3.02. The molecule has 0 fully saturated rings. The first kappa shape index (κ1) is 20.8. The van der Waals surface area contributed by atoms with Crippen LogP contribution in [0.2, 0.25) is 0 Å². The van der Waals surface area contributed by atoms with Gasteiger partial charge in [-0.25, -0.2) is 9.37 Å². The normalized spacial score (nSPS) is 18.6. The number of rotatable bonds is 3. The highest BCUT2D eigenvalue weighted by Gasteiger charge is 2.44. The first-order valence-corrected chi connectivity index (χ1v) is 11.4. The van der Waals surface area contributed by atoms with E-state index in [1.165, 1.54) is 0 Å². The first-order chi connectivity index (χ1) is 16.4. The molecule has 0 aliphatic carbocycles. The van der Waals surface area contributed by atoms with Crippen LogP contribution in [0, 0.1) is 12.7 Å². The van der Waals surface area contributed by atoms with Crippen LogP contribution in [0.4, 0.5) is 10.1 Å². The van der Waals surface area contributed by atoms with E-state index in [1.807, 2.05) is 44.3 Å². The minimum Gasteiger partial charge on any atom is -0.345 e. The number of fused-ring (bicyclic) bond motifs is 2. The SMILES string of the molecule is Cc1c2c(nn1C)C(=O)N(c1ccc3nc[nH]c3c1)C2c1cccc(C2=CCN(C)CC2)c1F. The summed E-state index contributed by atoms with van der Waals surface area (Å²) in [5.41, 5.74) is 6.37. The highest BCUT2D eigenvalue weighted by atomic mass is 19.1. The Kier molecular flexibility index (Phi) is 4.67. The van der Waals surface area contributed by atoms with Crippen LogP contribution in [0.1, 0.15) is 45.3 Å². The molecule has 0 saturated heterocycles. The monoisotopic (exact) mass is 456 g/mol. The van der Waals surface area contributed by atoms with Gasteiger partial charge in [-0.3, -0.25) is 14.4 Å². The fourth-order valence-electron chi connectivity index (χ4n) is 5.13. The minimum absolute atomic E-state index is 0.231. The Balaban J connectivity index is 1.54. The number of benzene rings is 2. The van der Waals surface area contributed by atoms with E-state index < -0.39 is 6.04 Å². The number of aryl methyl sites for hydroxylation is 1. The number of H-pyrrole nitrogens is 1. The van der Waals surface area contributed by atoms with Gasteiger partial charge in [-0.05, 0) is 44.2 Å². The number of imidazole rings is 1. The van der Waals surface area contributed by atoms with Crippen molar-refractivity contribution in [3.63, 3.8) is 0 Å². The largest absolute Gasteiger partial charge is 0.345 e. The number of amides is 1. The predicted molar refractivity (Wildman–Crippen MR) is 129 cm³/mol. The molecule has 8 heteroatoms. The van der Waals surface area contributed by atoms with Gasteiger partial charge in [0.15, 0.2) is 5.69 Å². The smallest absolute Gasteiger partial charge is 0.280 e. The van der Waals surface area contributed by atoms with E-state index in [4.69, 9.17) is 0 Å². The van der Waals surface area contributed by atoms with Gasteiger partial charge in [-0.2, -0.15) is 5.10 Å². The van der Waals surface area contributed by atoms with Crippen LogP contribution in [0.5, 0.6) is 0 Å². The zero-order valence-corrected chi connectivity index (χ0v) is 19.3. The molecule has 34 heavy (non-hydrogen) atoms. The summed E-state index contributed by atoms with van der Waals surface area (Å²) >= 11 is 0. The van der Waals surface area contributed by atoms with Gasteiger partial charge in [0.1, 0.15) is 5.82 Å². The van der Waals surface area contributed by atoms with E-state index in [1.54, 1.807) is 22.0 Å². The highest BCUT2D eigenvalue weighted by Crippen LogP contribution is 2.44. The number of hydrogen-bond donors (Lipinski definition) is 1. The molecule has 2 aromatic heterocycles. The summed E-state index contributed by atoms with van der Waals surface area (Å²) in [7, 11) is 3.88.